The van der Waals surface area contributed by atoms with Gasteiger partial charge in [-0.3, -0.25) is 9.59 Å². The highest BCUT2D eigenvalue weighted by Gasteiger charge is 2.32. The number of nitrogens with one attached hydrogen (secondary N) is 1. The zero-order valence-corrected chi connectivity index (χ0v) is 13.1. The van der Waals surface area contributed by atoms with E-state index in [1.54, 1.807) is 6.07 Å². The largest absolute Gasteiger partial charge is 0.348 e. The maximum Gasteiger partial charge on any atom is 0.256 e. The van der Waals surface area contributed by atoms with Crippen LogP contribution in [0, 0.1) is 0 Å². The Balaban J connectivity index is 1.77. The lowest BCUT2D eigenvalue weighted by Gasteiger charge is -2.37. The van der Waals surface area contributed by atoms with Crippen LogP contribution in [0.5, 0.6) is 0 Å². The summed E-state index contributed by atoms with van der Waals surface area (Å²) in [6, 6.07) is 16.9. The van der Waals surface area contributed by atoms with Crippen LogP contribution >= 0.6 is 0 Å². The van der Waals surface area contributed by atoms with Crippen molar-refractivity contribution in [2.75, 3.05) is 6.54 Å². The monoisotopic (exact) mass is 319 g/mol. The number of nitrogens with zero attached hydrogens (tertiary/aromatic N) is 2. The number of rotatable bonds is 2. The first-order valence-electron chi connectivity index (χ1n) is 7.94. The van der Waals surface area contributed by atoms with Crippen molar-refractivity contribution in [1.82, 2.24) is 14.5 Å². The van der Waals surface area contributed by atoms with Crippen molar-refractivity contribution < 1.29 is 4.79 Å². The highest BCUT2D eigenvalue weighted by Crippen LogP contribution is 2.33. The zero-order chi connectivity index (χ0) is 16.5. The van der Waals surface area contributed by atoms with Gasteiger partial charge in [0.1, 0.15) is 0 Å². The van der Waals surface area contributed by atoms with E-state index in [1.165, 1.54) is 12.3 Å². The Morgan fingerprint density at radius 3 is 2.58 bits per heavy atom. The lowest BCUT2D eigenvalue weighted by molar-refractivity contribution is 0.0663. The average molecular weight is 319 g/mol. The van der Waals surface area contributed by atoms with Gasteiger partial charge < -0.3 is 14.5 Å². The van der Waals surface area contributed by atoms with E-state index in [4.69, 9.17) is 0 Å². The zero-order valence-electron chi connectivity index (χ0n) is 13.1. The summed E-state index contributed by atoms with van der Waals surface area (Å²) >= 11 is 0. The molecule has 1 N–H and O–H groups in total. The van der Waals surface area contributed by atoms with E-state index in [0.717, 1.165) is 17.8 Å². The lowest BCUT2D eigenvalue weighted by atomic mass is 9.99. The van der Waals surface area contributed by atoms with Crippen molar-refractivity contribution in [3.8, 4) is 0 Å². The molecule has 3 aromatic rings. The van der Waals surface area contributed by atoms with Gasteiger partial charge >= 0.3 is 0 Å². The average Bonchev–Trinajstić information content (AvgIpc) is 3.10. The Bertz CT molecular complexity index is 907. The lowest BCUT2D eigenvalue weighted by Crippen LogP contribution is -2.42. The van der Waals surface area contributed by atoms with Gasteiger partial charge in [0, 0.05) is 37.2 Å². The molecule has 5 nitrogen and oxygen atoms in total. The minimum absolute atomic E-state index is 0.0763. The number of fused-ring (bicyclic) bond motifs is 1. The molecule has 120 valence electrons. The third-order valence-corrected chi connectivity index (χ3v) is 4.45. The molecule has 0 saturated heterocycles. The Morgan fingerprint density at radius 2 is 1.83 bits per heavy atom. The predicted molar refractivity (Wildman–Crippen MR) is 90.8 cm³/mol. The Hall–Kier alpha value is -3.08. The molecule has 0 spiro atoms. The fourth-order valence-electron chi connectivity index (χ4n) is 3.30. The highest BCUT2D eigenvalue weighted by molar-refractivity contribution is 5.94. The molecule has 2 aromatic heterocycles. The molecule has 1 aliphatic heterocycles. The predicted octanol–water partition coefficient (Wildman–Crippen LogP) is 2.42. The summed E-state index contributed by atoms with van der Waals surface area (Å²) in [5.74, 6) is -0.0763. The van der Waals surface area contributed by atoms with E-state index in [0.29, 0.717) is 12.1 Å². The molecule has 0 fully saturated rings. The molecule has 0 saturated carbocycles. The van der Waals surface area contributed by atoms with Crippen LogP contribution in [-0.2, 0) is 6.54 Å². The molecule has 3 heterocycles. The van der Waals surface area contributed by atoms with E-state index >= 15 is 0 Å². The van der Waals surface area contributed by atoms with Crippen LogP contribution in [0.1, 0.15) is 27.7 Å². The third-order valence-electron chi connectivity index (χ3n) is 4.45. The van der Waals surface area contributed by atoms with E-state index in [2.05, 4.69) is 15.6 Å². The van der Waals surface area contributed by atoms with Gasteiger partial charge in [0.05, 0.1) is 11.6 Å². The maximum atomic E-state index is 13.0. The van der Waals surface area contributed by atoms with Crippen LogP contribution in [0.25, 0.3) is 0 Å². The summed E-state index contributed by atoms with van der Waals surface area (Å²) < 4.78 is 2.19. The molecule has 1 amide bonds. The maximum absolute atomic E-state index is 13.0. The summed E-state index contributed by atoms with van der Waals surface area (Å²) in [5, 5.41) is 0. The fraction of sp³-hybridized carbons (Fsp3) is 0.158. The normalized spacial score (nSPS) is 16.7. The number of amides is 1. The smallest absolute Gasteiger partial charge is 0.256 e. The molecule has 0 aliphatic carbocycles. The Kier molecular flexibility index (Phi) is 3.54. The van der Waals surface area contributed by atoms with Crippen molar-refractivity contribution in [2.45, 2.75) is 12.6 Å². The number of benzene rings is 1. The van der Waals surface area contributed by atoms with Gasteiger partial charge in [-0.05, 0) is 23.8 Å². The van der Waals surface area contributed by atoms with Gasteiger partial charge in [-0.2, -0.15) is 0 Å². The topological polar surface area (TPSA) is 58.1 Å². The molecule has 1 atom stereocenters. The van der Waals surface area contributed by atoms with Crippen LogP contribution in [0.2, 0.25) is 0 Å². The Labute approximate surface area is 139 Å². The number of carbonyl (C=O) groups excluding carboxylic acids is 1. The number of aromatic amines is 1. The van der Waals surface area contributed by atoms with Gasteiger partial charge in [-0.25, -0.2) is 0 Å². The standard InChI is InChI=1S/C19H17N3O2/c23-17-9-8-15(13-20-17)19(24)22-12-11-21-10-4-7-16(21)18(22)14-5-2-1-3-6-14/h1-10,13,18H,11-12H2,(H,20,23)/t18-/m0/s1. The highest BCUT2D eigenvalue weighted by atomic mass is 16.2. The number of aromatic nitrogens is 2. The second kappa shape index (κ2) is 5.85. The molecule has 5 heteroatoms. The van der Waals surface area contributed by atoms with Crippen molar-refractivity contribution >= 4 is 5.91 Å². The van der Waals surface area contributed by atoms with Crippen LogP contribution in [0.3, 0.4) is 0 Å². The summed E-state index contributed by atoms with van der Waals surface area (Å²) in [6.45, 7) is 1.39. The van der Waals surface area contributed by atoms with Gasteiger partial charge in [0.25, 0.3) is 5.91 Å². The first-order valence-corrected chi connectivity index (χ1v) is 7.94. The van der Waals surface area contributed by atoms with Crippen molar-refractivity contribution in [1.29, 1.82) is 0 Å². The number of carbonyl (C=O) groups is 1. The van der Waals surface area contributed by atoms with Crippen LogP contribution in [0.15, 0.2) is 71.8 Å². The minimum Gasteiger partial charge on any atom is -0.348 e. The first-order chi connectivity index (χ1) is 11.7. The Morgan fingerprint density at radius 1 is 1.00 bits per heavy atom. The first kappa shape index (κ1) is 14.5. The summed E-state index contributed by atoms with van der Waals surface area (Å²) in [4.78, 5) is 28.7. The van der Waals surface area contributed by atoms with Crippen molar-refractivity contribution in [2.24, 2.45) is 0 Å². The SMILES string of the molecule is O=C(c1ccc(=O)[nH]c1)N1CCn2cccc2[C@@H]1c1ccccc1. The third kappa shape index (κ3) is 2.44. The molecular formula is C19H17N3O2. The van der Waals surface area contributed by atoms with Gasteiger partial charge in [0.15, 0.2) is 0 Å². The molecule has 0 unspecified atom stereocenters. The molecule has 24 heavy (non-hydrogen) atoms. The fourth-order valence-corrected chi connectivity index (χ4v) is 3.30. The summed E-state index contributed by atoms with van der Waals surface area (Å²) in [5.41, 5.74) is 2.47. The van der Waals surface area contributed by atoms with Crippen molar-refractivity contribution in [3.63, 3.8) is 0 Å². The number of hydrogen-bond acceptors (Lipinski definition) is 2. The summed E-state index contributed by atoms with van der Waals surface area (Å²) in [7, 11) is 0. The molecule has 4 rings (SSSR count). The summed E-state index contributed by atoms with van der Waals surface area (Å²) in [6.07, 6.45) is 3.54. The molecule has 0 radical (unpaired) electrons. The molecule has 1 aromatic carbocycles. The van der Waals surface area contributed by atoms with Crippen LogP contribution < -0.4 is 5.56 Å². The van der Waals surface area contributed by atoms with E-state index in [-0.39, 0.29) is 17.5 Å². The van der Waals surface area contributed by atoms with Crippen molar-refractivity contribution in [3.05, 3.63) is 94.2 Å². The van der Waals surface area contributed by atoms with Gasteiger partial charge in [0.2, 0.25) is 5.56 Å². The minimum atomic E-state index is -0.210. The second-order valence-electron chi connectivity index (χ2n) is 5.88. The molecule has 1 aliphatic rings. The van der Waals surface area contributed by atoms with Crippen LogP contribution in [-0.4, -0.2) is 26.9 Å². The molecular weight excluding hydrogens is 302 g/mol. The molecule has 0 bridgehead atoms. The van der Waals surface area contributed by atoms with Gasteiger partial charge in [-0.1, -0.05) is 30.3 Å². The number of hydrogen-bond donors (Lipinski definition) is 1. The van der Waals surface area contributed by atoms with E-state index in [1.807, 2.05) is 47.5 Å². The van der Waals surface area contributed by atoms with Crippen LogP contribution in [0.4, 0.5) is 0 Å². The van der Waals surface area contributed by atoms with E-state index in [9.17, 15) is 9.59 Å². The second-order valence-corrected chi connectivity index (χ2v) is 5.88. The quantitative estimate of drug-likeness (QED) is 0.788. The number of H-pyrrole nitrogens is 1. The van der Waals surface area contributed by atoms with E-state index < -0.39 is 0 Å². The number of pyridine rings is 1. The van der Waals surface area contributed by atoms with Gasteiger partial charge in [-0.15, -0.1) is 0 Å².